The fourth-order valence-corrected chi connectivity index (χ4v) is 2.37. The van der Waals surface area contributed by atoms with Crippen LogP contribution in [-0.4, -0.2) is 16.9 Å². The first-order valence-corrected chi connectivity index (χ1v) is 7.02. The Morgan fingerprint density at radius 2 is 1.95 bits per heavy atom. The summed E-state index contributed by atoms with van der Waals surface area (Å²) in [5.41, 5.74) is 8.42. The lowest BCUT2D eigenvalue weighted by molar-refractivity contribution is 0.396. The van der Waals surface area contributed by atoms with Crippen LogP contribution < -0.4 is 10.5 Å². The highest BCUT2D eigenvalue weighted by atomic mass is 35.5. The summed E-state index contributed by atoms with van der Waals surface area (Å²) < 4.78 is 7.29. The number of nitrogens with zero attached hydrogens (tertiary/aromatic N) is 2. The molecule has 1 aromatic carbocycles. The largest absolute Gasteiger partial charge is 0.493 e. The summed E-state index contributed by atoms with van der Waals surface area (Å²) in [6.45, 7) is 4.15. The van der Waals surface area contributed by atoms with Crippen LogP contribution in [0.4, 0.5) is 0 Å². The number of halogens is 1. The quantitative estimate of drug-likeness (QED) is 0.919. The predicted molar refractivity (Wildman–Crippen MR) is 81.2 cm³/mol. The zero-order valence-electron chi connectivity index (χ0n) is 12.0. The molecule has 0 saturated carbocycles. The maximum absolute atomic E-state index is 6.35. The highest BCUT2D eigenvalue weighted by molar-refractivity contribution is 6.30. The average Bonchev–Trinajstić information content (AvgIpc) is 2.85. The first-order chi connectivity index (χ1) is 9.52. The molecule has 0 aliphatic rings. The Kier molecular flexibility index (Phi) is 4.68. The Morgan fingerprint density at radius 3 is 2.50 bits per heavy atom. The molecule has 20 heavy (non-hydrogen) atoms. The number of rotatable bonds is 5. The molecule has 0 amide bonds. The van der Waals surface area contributed by atoms with Gasteiger partial charge in [-0.25, -0.2) is 0 Å². The molecule has 0 aliphatic heterocycles. The first-order valence-electron chi connectivity index (χ1n) is 6.64. The molecule has 0 fully saturated rings. The molecular weight excluding hydrogens is 274 g/mol. The van der Waals surface area contributed by atoms with Gasteiger partial charge in [0.25, 0.3) is 0 Å². The van der Waals surface area contributed by atoms with Gasteiger partial charge < -0.3 is 10.5 Å². The van der Waals surface area contributed by atoms with E-state index in [-0.39, 0.29) is 12.1 Å². The molecule has 108 valence electrons. The van der Waals surface area contributed by atoms with Crippen LogP contribution in [0.1, 0.15) is 37.2 Å². The molecule has 2 aromatic rings. The van der Waals surface area contributed by atoms with Crippen molar-refractivity contribution in [3.63, 3.8) is 0 Å². The number of hydrogen-bond acceptors (Lipinski definition) is 3. The van der Waals surface area contributed by atoms with E-state index in [1.807, 2.05) is 28.9 Å². The van der Waals surface area contributed by atoms with Crippen LogP contribution in [-0.2, 0) is 6.42 Å². The molecule has 1 atom stereocenters. The maximum atomic E-state index is 6.35. The van der Waals surface area contributed by atoms with Crippen LogP contribution in [0.3, 0.4) is 0 Å². The summed E-state index contributed by atoms with van der Waals surface area (Å²) >= 11 is 5.90. The number of methoxy groups -OCH3 is 1. The third-order valence-corrected chi connectivity index (χ3v) is 3.48. The van der Waals surface area contributed by atoms with E-state index in [1.165, 1.54) is 0 Å². The SMILES string of the molecule is COc1cnn(C(C)C)c1C(N)Cc1ccc(Cl)cc1. The van der Waals surface area contributed by atoms with Gasteiger partial charge in [0.05, 0.1) is 25.0 Å². The Bertz CT molecular complexity index is 563. The van der Waals surface area contributed by atoms with Crippen molar-refractivity contribution in [1.29, 1.82) is 0 Å². The highest BCUT2D eigenvalue weighted by Gasteiger charge is 2.20. The lowest BCUT2D eigenvalue weighted by Gasteiger charge is -2.18. The number of nitrogens with two attached hydrogens (primary N) is 1. The third kappa shape index (κ3) is 3.14. The molecule has 5 heteroatoms. The Morgan fingerprint density at radius 1 is 1.30 bits per heavy atom. The fraction of sp³-hybridized carbons (Fsp3) is 0.400. The van der Waals surface area contributed by atoms with E-state index in [9.17, 15) is 0 Å². The predicted octanol–water partition coefficient (Wildman–Crippen LogP) is 3.37. The summed E-state index contributed by atoms with van der Waals surface area (Å²) in [7, 11) is 1.64. The van der Waals surface area contributed by atoms with Gasteiger partial charge in [0, 0.05) is 11.1 Å². The van der Waals surface area contributed by atoms with Gasteiger partial charge in [0.1, 0.15) is 0 Å². The van der Waals surface area contributed by atoms with Crippen molar-refractivity contribution in [1.82, 2.24) is 9.78 Å². The molecule has 2 rings (SSSR count). The molecule has 2 N–H and O–H groups in total. The summed E-state index contributed by atoms with van der Waals surface area (Å²) in [5.74, 6) is 0.736. The van der Waals surface area contributed by atoms with Crippen molar-refractivity contribution in [3.8, 4) is 5.75 Å². The second-order valence-electron chi connectivity index (χ2n) is 5.07. The number of benzene rings is 1. The lowest BCUT2D eigenvalue weighted by atomic mass is 10.0. The van der Waals surface area contributed by atoms with Crippen molar-refractivity contribution in [2.24, 2.45) is 5.73 Å². The number of ether oxygens (including phenoxy) is 1. The zero-order chi connectivity index (χ0) is 14.7. The Hall–Kier alpha value is -1.52. The van der Waals surface area contributed by atoms with Crippen molar-refractivity contribution in [2.45, 2.75) is 32.4 Å². The third-order valence-electron chi connectivity index (χ3n) is 3.23. The fourth-order valence-electron chi connectivity index (χ4n) is 2.25. The van der Waals surface area contributed by atoms with Gasteiger partial charge >= 0.3 is 0 Å². The van der Waals surface area contributed by atoms with Gasteiger partial charge in [-0.15, -0.1) is 0 Å². The summed E-state index contributed by atoms with van der Waals surface area (Å²) in [6, 6.07) is 7.80. The van der Waals surface area contributed by atoms with Crippen LogP contribution in [0.25, 0.3) is 0 Å². The van der Waals surface area contributed by atoms with E-state index in [1.54, 1.807) is 13.3 Å². The van der Waals surface area contributed by atoms with Gasteiger partial charge in [0.15, 0.2) is 5.75 Å². The van der Waals surface area contributed by atoms with Crippen molar-refractivity contribution >= 4 is 11.6 Å². The van der Waals surface area contributed by atoms with Crippen molar-refractivity contribution < 1.29 is 4.74 Å². The second kappa shape index (κ2) is 6.29. The Labute approximate surface area is 124 Å². The lowest BCUT2D eigenvalue weighted by Crippen LogP contribution is -2.20. The molecule has 1 aromatic heterocycles. The topological polar surface area (TPSA) is 53.1 Å². The standard InChI is InChI=1S/C15H20ClN3O/c1-10(2)19-15(14(20-3)9-18-19)13(17)8-11-4-6-12(16)7-5-11/h4-7,9-10,13H,8,17H2,1-3H3. The molecule has 0 spiro atoms. The Balaban J connectivity index is 2.26. The van der Waals surface area contributed by atoms with Gasteiger partial charge in [-0.2, -0.15) is 5.10 Å². The smallest absolute Gasteiger partial charge is 0.161 e. The molecule has 0 saturated heterocycles. The minimum atomic E-state index is -0.170. The van der Waals surface area contributed by atoms with E-state index in [4.69, 9.17) is 22.1 Å². The average molecular weight is 294 g/mol. The molecule has 0 aliphatic carbocycles. The van der Waals surface area contributed by atoms with Crippen LogP contribution in [0, 0.1) is 0 Å². The monoisotopic (exact) mass is 293 g/mol. The zero-order valence-corrected chi connectivity index (χ0v) is 12.8. The summed E-state index contributed by atoms with van der Waals surface area (Å²) in [4.78, 5) is 0. The highest BCUT2D eigenvalue weighted by Crippen LogP contribution is 2.28. The minimum Gasteiger partial charge on any atom is -0.493 e. The summed E-state index contributed by atoms with van der Waals surface area (Å²) in [6.07, 6.45) is 2.43. The van der Waals surface area contributed by atoms with Crippen LogP contribution >= 0.6 is 11.6 Å². The molecule has 1 heterocycles. The van der Waals surface area contributed by atoms with Crippen molar-refractivity contribution in [3.05, 3.63) is 46.7 Å². The van der Waals surface area contributed by atoms with Crippen LogP contribution in [0.15, 0.2) is 30.5 Å². The molecule has 4 nitrogen and oxygen atoms in total. The van der Waals surface area contributed by atoms with Crippen molar-refractivity contribution in [2.75, 3.05) is 7.11 Å². The van der Waals surface area contributed by atoms with Gasteiger partial charge in [0.2, 0.25) is 0 Å². The van der Waals surface area contributed by atoms with E-state index in [0.29, 0.717) is 6.42 Å². The first kappa shape index (κ1) is 14.9. The number of aromatic nitrogens is 2. The normalized spacial score (nSPS) is 12.7. The minimum absolute atomic E-state index is 0.170. The van der Waals surface area contributed by atoms with Gasteiger partial charge in [-0.3, -0.25) is 4.68 Å². The molecule has 0 bridgehead atoms. The molecule has 1 unspecified atom stereocenters. The second-order valence-corrected chi connectivity index (χ2v) is 5.51. The molecular formula is C15H20ClN3O. The van der Waals surface area contributed by atoms with Crippen LogP contribution in [0.2, 0.25) is 5.02 Å². The van der Waals surface area contributed by atoms with E-state index >= 15 is 0 Å². The maximum Gasteiger partial charge on any atom is 0.161 e. The van der Waals surface area contributed by atoms with E-state index < -0.39 is 0 Å². The summed E-state index contributed by atoms with van der Waals surface area (Å²) in [5, 5.41) is 5.08. The van der Waals surface area contributed by atoms with Gasteiger partial charge in [-0.05, 0) is 38.0 Å². The van der Waals surface area contributed by atoms with Gasteiger partial charge in [-0.1, -0.05) is 23.7 Å². The van der Waals surface area contributed by atoms with E-state index in [2.05, 4.69) is 18.9 Å². The van der Waals surface area contributed by atoms with E-state index in [0.717, 1.165) is 22.0 Å². The van der Waals surface area contributed by atoms with Crippen LogP contribution in [0.5, 0.6) is 5.75 Å². The number of hydrogen-bond donors (Lipinski definition) is 1. The molecule has 0 radical (unpaired) electrons.